The maximum atomic E-state index is 12.2. The first-order valence-electron chi connectivity index (χ1n) is 8.03. The number of hydrogen-bond donors (Lipinski definition) is 1. The van der Waals surface area contributed by atoms with Gasteiger partial charge >= 0.3 is 0 Å². The summed E-state index contributed by atoms with van der Waals surface area (Å²) in [5.41, 5.74) is 2.93. The number of anilines is 1. The van der Waals surface area contributed by atoms with Gasteiger partial charge in [-0.3, -0.25) is 14.6 Å². The molecule has 2 aromatic heterocycles. The summed E-state index contributed by atoms with van der Waals surface area (Å²) >= 11 is 0. The van der Waals surface area contributed by atoms with Crippen molar-refractivity contribution in [2.45, 2.75) is 19.9 Å². The largest absolute Gasteiger partial charge is 0.324 e. The van der Waals surface area contributed by atoms with Gasteiger partial charge in [-0.2, -0.15) is 5.10 Å². The number of rotatable bonds is 5. The number of amides is 1. The Morgan fingerprint density at radius 3 is 2.60 bits per heavy atom. The molecular weight excluding hydrogens is 316 g/mol. The number of pyridine rings is 1. The van der Waals surface area contributed by atoms with Crippen LogP contribution in [0.1, 0.15) is 12.5 Å². The van der Waals surface area contributed by atoms with E-state index in [0.29, 0.717) is 11.4 Å². The van der Waals surface area contributed by atoms with Crippen molar-refractivity contribution in [3.8, 4) is 11.3 Å². The minimum atomic E-state index is -0.330. The van der Waals surface area contributed by atoms with Gasteiger partial charge < -0.3 is 5.32 Å². The summed E-state index contributed by atoms with van der Waals surface area (Å²) in [4.78, 5) is 28.2. The molecule has 0 unspecified atom stereocenters. The Bertz CT molecular complexity index is 918. The minimum Gasteiger partial charge on any atom is -0.324 e. The highest BCUT2D eigenvalue weighted by molar-refractivity contribution is 5.90. The van der Waals surface area contributed by atoms with E-state index in [-0.39, 0.29) is 18.0 Å². The predicted octanol–water partition coefficient (Wildman–Crippen LogP) is 2.51. The van der Waals surface area contributed by atoms with Crippen molar-refractivity contribution in [1.29, 1.82) is 0 Å². The molecular formula is C19H18N4O2. The highest BCUT2D eigenvalue weighted by atomic mass is 16.2. The Morgan fingerprint density at radius 1 is 1.12 bits per heavy atom. The average molecular weight is 334 g/mol. The van der Waals surface area contributed by atoms with Crippen LogP contribution in [0.15, 0.2) is 65.7 Å². The predicted molar refractivity (Wildman–Crippen MR) is 96.2 cm³/mol. The molecule has 6 nitrogen and oxygen atoms in total. The van der Waals surface area contributed by atoms with Crippen LogP contribution in [0.4, 0.5) is 5.69 Å². The molecule has 2 heterocycles. The van der Waals surface area contributed by atoms with Gasteiger partial charge in [0, 0.05) is 29.7 Å². The van der Waals surface area contributed by atoms with Crippen LogP contribution in [-0.4, -0.2) is 20.7 Å². The normalized spacial score (nSPS) is 10.4. The molecule has 0 radical (unpaired) electrons. The number of aryl methyl sites for hydroxylation is 1. The SMILES string of the molecule is CCc1ccc(NC(=O)Cn2nc(-c3cccnc3)ccc2=O)cc1. The van der Waals surface area contributed by atoms with Crippen molar-refractivity contribution >= 4 is 11.6 Å². The number of benzene rings is 1. The molecule has 25 heavy (non-hydrogen) atoms. The van der Waals surface area contributed by atoms with E-state index in [1.54, 1.807) is 24.5 Å². The fourth-order valence-electron chi connectivity index (χ4n) is 2.39. The molecule has 3 rings (SSSR count). The molecule has 0 aliphatic rings. The first kappa shape index (κ1) is 16.6. The van der Waals surface area contributed by atoms with Gasteiger partial charge in [-0.05, 0) is 42.3 Å². The zero-order valence-electron chi connectivity index (χ0n) is 13.8. The van der Waals surface area contributed by atoms with Crippen LogP contribution >= 0.6 is 0 Å². The Hall–Kier alpha value is -3.28. The average Bonchev–Trinajstić information content (AvgIpc) is 2.65. The van der Waals surface area contributed by atoms with Gasteiger partial charge in [0.25, 0.3) is 5.56 Å². The van der Waals surface area contributed by atoms with Gasteiger partial charge in [0.15, 0.2) is 0 Å². The number of aromatic nitrogens is 3. The summed E-state index contributed by atoms with van der Waals surface area (Å²) < 4.78 is 1.15. The monoisotopic (exact) mass is 334 g/mol. The molecule has 0 atom stereocenters. The van der Waals surface area contributed by atoms with Crippen LogP contribution < -0.4 is 10.9 Å². The van der Waals surface area contributed by atoms with Crippen LogP contribution in [0.2, 0.25) is 0 Å². The summed E-state index contributed by atoms with van der Waals surface area (Å²) in [5.74, 6) is -0.304. The maximum absolute atomic E-state index is 12.2. The zero-order chi connectivity index (χ0) is 17.6. The second-order valence-corrected chi connectivity index (χ2v) is 5.55. The molecule has 0 saturated carbocycles. The van der Waals surface area contributed by atoms with Crippen LogP contribution in [0.5, 0.6) is 0 Å². The maximum Gasteiger partial charge on any atom is 0.267 e. The zero-order valence-corrected chi connectivity index (χ0v) is 13.8. The first-order chi connectivity index (χ1) is 12.2. The fourth-order valence-corrected chi connectivity index (χ4v) is 2.39. The topological polar surface area (TPSA) is 76.9 Å². The van der Waals surface area contributed by atoms with Gasteiger partial charge in [0.2, 0.25) is 5.91 Å². The summed E-state index contributed by atoms with van der Waals surface area (Å²) in [7, 11) is 0. The number of nitrogens with one attached hydrogen (secondary N) is 1. The lowest BCUT2D eigenvalue weighted by Crippen LogP contribution is -2.29. The summed E-state index contributed by atoms with van der Waals surface area (Å²) in [5, 5.41) is 7.03. The van der Waals surface area contributed by atoms with Crippen LogP contribution in [-0.2, 0) is 17.8 Å². The molecule has 0 aliphatic heterocycles. The molecule has 126 valence electrons. The highest BCUT2D eigenvalue weighted by Crippen LogP contribution is 2.13. The Morgan fingerprint density at radius 2 is 1.92 bits per heavy atom. The van der Waals surface area contributed by atoms with E-state index >= 15 is 0 Å². The molecule has 1 aromatic carbocycles. The molecule has 0 saturated heterocycles. The van der Waals surface area contributed by atoms with Crippen LogP contribution in [0.3, 0.4) is 0 Å². The standard InChI is InChI=1S/C19H18N4O2/c1-2-14-5-7-16(8-6-14)21-18(24)13-23-19(25)10-9-17(22-23)15-4-3-11-20-12-15/h3-12H,2,13H2,1H3,(H,21,24). The van der Waals surface area contributed by atoms with Gasteiger partial charge in [0.1, 0.15) is 6.54 Å². The lowest BCUT2D eigenvalue weighted by atomic mass is 10.1. The van der Waals surface area contributed by atoms with Crippen molar-refractivity contribution in [3.63, 3.8) is 0 Å². The van der Waals surface area contributed by atoms with E-state index in [1.165, 1.54) is 11.6 Å². The van der Waals surface area contributed by atoms with E-state index in [1.807, 2.05) is 30.3 Å². The molecule has 0 bridgehead atoms. The lowest BCUT2D eigenvalue weighted by molar-refractivity contribution is -0.117. The number of carbonyl (C=O) groups is 1. The quantitative estimate of drug-likeness (QED) is 0.778. The van der Waals surface area contributed by atoms with Gasteiger partial charge in [0.05, 0.1) is 5.69 Å². The summed E-state index contributed by atoms with van der Waals surface area (Å²) in [6, 6.07) is 14.3. The molecule has 3 aromatic rings. The van der Waals surface area contributed by atoms with E-state index in [2.05, 4.69) is 22.3 Å². The van der Waals surface area contributed by atoms with Crippen molar-refractivity contribution in [1.82, 2.24) is 14.8 Å². The smallest absolute Gasteiger partial charge is 0.267 e. The summed E-state index contributed by atoms with van der Waals surface area (Å²) in [6.07, 6.45) is 4.26. The van der Waals surface area contributed by atoms with E-state index < -0.39 is 0 Å². The van der Waals surface area contributed by atoms with E-state index in [0.717, 1.165) is 16.7 Å². The number of nitrogens with zero attached hydrogens (tertiary/aromatic N) is 3. The molecule has 0 spiro atoms. The van der Waals surface area contributed by atoms with Gasteiger partial charge in [-0.15, -0.1) is 0 Å². The van der Waals surface area contributed by atoms with E-state index in [9.17, 15) is 9.59 Å². The van der Waals surface area contributed by atoms with Gasteiger partial charge in [-0.1, -0.05) is 19.1 Å². The van der Waals surface area contributed by atoms with Crippen molar-refractivity contribution in [2.75, 3.05) is 5.32 Å². The van der Waals surface area contributed by atoms with E-state index in [4.69, 9.17) is 0 Å². The third kappa shape index (κ3) is 4.17. The molecule has 6 heteroatoms. The molecule has 0 fully saturated rings. The number of hydrogen-bond acceptors (Lipinski definition) is 4. The Balaban J connectivity index is 1.75. The van der Waals surface area contributed by atoms with Crippen LogP contribution in [0, 0.1) is 0 Å². The van der Waals surface area contributed by atoms with Crippen molar-refractivity contribution in [3.05, 3.63) is 76.8 Å². The van der Waals surface area contributed by atoms with Crippen molar-refractivity contribution < 1.29 is 4.79 Å². The third-order valence-electron chi connectivity index (χ3n) is 3.76. The van der Waals surface area contributed by atoms with Gasteiger partial charge in [-0.25, -0.2) is 4.68 Å². The fraction of sp³-hybridized carbons (Fsp3) is 0.158. The Kier molecular flexibility index (Phi) is 4.99. The molecule has 0 aliphatic carbocycles. The van der Waals surface area contributed by atoms with Crippen LogP contribution in [0.25, 0.3) is 11.3 Å². The Labute approximate surface area is 145 Å². The second kappa shape index (κ2) is 7.53. The summed E-state index contributed by atoms with van der Waals surface area (Å²) in [6.45, 7) is 1.92. The minimum absolute atomic E-state index is 0.150. The lowest BCUT2D eigenvalue weighted by Gasteiger charge is -2.08. The molecule has 1 amide bonds. The first-order valence-corrected chi connectivity index (χ1v) is 8.03. The second-order valence-electron chi connectivity index (χ2n) is 5.55. The number of carbonyl (C=O) groups excluding carboxylic acids is 1. The molecule has 1 N–H and O–H groups in total. The third-order valence-corrected chi connectivity index (χ3v) is 3.76. The van der Waals surface area contributed by atoms with Crippen molar-refractivity contribution in [2.24, 2.45) is 0 Å². The highest BCUT2D eigenvalue weighted by Gasteiger charge is 2.08.